The molecule has 2 heterocycles. The van der Waals surface area contributed by atoms with Crippen molar-refractivity contribution in [3.8, 4) is 0 Å². The average Bonchev–Trinajstić information content (AvgIpc) is 3.07. The standard InChI is InChI=1S/C16H25N3S2/c1-11(2)9-17-10-15-12(3)18-16(21-15)19(5)13(4)14-7-6-8-20-14/h6-8,11,13,17H,9-10H2,1-5H3. The molecule has 0 bridgehead atoms. The Labute approximate surface area is 136 Å². The van der Waals surface area contributed by atoms with Crippen LogP contribution >= 0.6 is 22.7 Å². The molecule has 0 aliphatic rings. The summed E-state index contributed by atoms with van der Waals surface area (Å²) in [5.74, 6) is 0.680. The van der Waals surface area contributed by atoms with Crippen molar-refractivity contribution in [1.82, 2.24) is 10.3 Å². The third-order valence-corrected chi connectivity index (χ3v) is 5.85. The summed E-state index contributed by atoms with van der Waals surface area (Å²) in [5.41, 5.74) is 1.15. The minimum Gasteiger partial charge on any atom is -0.344 e. The lowest BCUT2D eigenvalue weighted by atomic mass is 10.2. The Balaban J connectivity index is 2.03. The zero-order valence-corrected chi connectivity index (χ0v) is 15.1. The van der Waals surface area contributed by atoms with Crippen LogP contribution in [0.1, 0.15) is 42.3 Å². The number of hydrogen-bond acceptors (Lipinski definition) is 5. The zero-order chi connectivity index (χ0) is 15.4. The molecule has 2 aromatic rings. The van der Waals surface area contributed by atoms with Crippen LogP contribution in [0.5, 0.6) is 0 Å². The molecule has 1 N–H and O–H groups in total. The van der Waals surface area contributed by atoms with E-state index in [4.69, 9.17) is 4.98 Å². The van der Waals surface area contributed by atoms with Gasteiger partial charge in [-0.15, -0.1) is 22.7 Å². The van der Waals surface area contributed by atoms with Gasteiger partial charge in [-0.3, -0.25) is 0 Å². The van der Waals surface area contributed by atoms with Gasteiger partial charge in [-0.1, -0.05) is 19.9 Å². The number of nitrogens with zero attached hydrogens (tertiary/aromatic N) is 2. The van der Waals surface area contributed by atoms with Crippen LogP contribution < -0.4 is 10.2 Å². The van der Waals surface area contributed by atoms with Crippen molar-refractivity contribution < 1.29 is 0 Å². The Morgan fingerprint density at radius 3 is 2.71 bits per heavy atom. The van der Waals surface area contributed by atoms with Crippen LogP contribution in [0.15, 0.2) is 17.5 Å². The fourth-order valence-electron chi connectivity index (χ4n) is 2.09. The Hall–Kier alpha value is -0.910. The number of rotatable bonds is 7. The highest BCUT2D eigenvalue weighted by molar-refractivity contribution is 7.15. The van der Waals surface area contributed by atoms with Crippen LogP contribution in [0, 0.1) is 12.8 Å². The van der Waals surface area contributed by atoms with Gasteiger partial charge in [-0.05, 0) is 37.8 Å². The Bertz CT molecular complexity index is 546. The second kappa shape index (κ2) is 7.38. The molecule has 1 atom stereocenters. The minimum atomic E-state index is 0.368. The Morgan fingerprint density at radius 2 is 2.10 bits per heavy atom. The molecule has 116 valence electrons. The van der Waals surface area contributed by atoms with E-state index in [9.17, 15) is 0 Å². The van der Waals surface area contributed by atoms with Crippen molar-refractivity contribution in [3.63, 3.8) is 0 Å². The maximum Gasteiger partial charge on any atom is 0.186 e. The van der Waals surface area contributed by atoms with E-state index in [0.29, 0.717) is 12.0 Å². The Morgan fingerprint density at radius 1 is 1.33 bits per heavy atom. The van der Waals surface area contributed by atoms with Crippen LogP contribution in [-0.4, -0.2) is 18.6 Å². The van der Waals surface area contributed by atoms with Crippen LogP contribution in [-0.2, 0) is 6.54 Å². The van der Waals surface area contributed by atoms with Gasteiger partial charge in [0, 0.05) is 23.3 Å². The van der Waals surface area contributed by atoms with Crippen molar-refractivity contribution in [2.24, 2.45) is 5.92 Å². The molecule has 0 aliphatic carbocycles. The number of thiophene rings is 1. The van der Waals surface area contributed by atoms with Crippen molar-refractivity contribution in [2.45, 2.75) is 40.3 Å². The second-order valence-corrected chi connectivity index (χ2v) is 7.87. The van der Waals surface area contributed by atoms with E-state index >= 15 is 0 Å². The third kappa shape index (κ3) is 4.28. The van der Waals surface area contributed by atoms with Gasteiger partial charge in [-0.25, -0.2) is 4.98 Å². The largest absolute Gasteiger partial charge is 0.344 e. The van der Waals surface area contributed by atoms with Gasteiger partial charge >= 0.3 is 0 Å². The summed E-state index contributed by atoms with van der Waals surface area (Å²) in [4.78, 5) is 9.74. The van der Waals surface area contributed by atoms with E-state index < -0.39 is 0 Å². The van der Waals surface area contributed by atoms with E-state index in [1.807, 2.05) is 0 Å². The molecule has 21 heavy (non-hydrogen) atoms. The van der Waals surface area contributed by atoms with E-state index in [-0.39, 0.29) is 0 Å². The number of thiazole rings is 1. The number of nitrogens with one attached hydrogen (secondary N) is 1. The maximum atomic E-state index is 4.75. The van der Waals surface area contributed by atoms with Gasteiger partial charge in [0.05, 0.1) is 11.7 Å². The van der Waals surface area contributed by atoms with Crippen LogP contribution in [0.2, 0.25) is 0 Å². The van der Waals surface area contributed by atoms with Gasteiger partial charge in [0.2, 0.25) is 0 Å². The van der Waals surface area contributed by atoms with Crippen LogP contribution in [0.3, 0.4) is 0 Å². The first-order chi connectivity index (χ1) is 9.99. The molecule has 2 aromatic heterocycles. The molecular weight excluding hydrogens is 298 g/mol. The summed E-state index contributed by atoms with van der Waals surface area (Å²) < 4.78 is 0. The normalized spacial score (nSPS) is 12.9. The van der Waals surface area contributed by atoms with Gasteiger partial charge in [-0.2, -0.15) is 0 Å². The number of aromatic nitrogens is 1. The SMILES string of the molecule is Cc1nc(N(C)C(C)c2cccs2)sc1CNCC(C)C. The molecule has 0 aliphatic heterocycles. The number of aryl methyl sites for hydroxylation is 1. The fourth-order valence-corrected chi connectivity index (χ4v) is 3.99. The third-order valence-electron chi connectivity index (χ3n) is 3.56. The van der Waals surface area contributed by atoms with Gasteiger partial charge in [0.1, 0.15) is 0 Å². The summed E-state index contributed by atoms with van der Waals surface area (Å²) in [6.07, 6.45) is 0. The average molecular weight is 324 g/mol. The van der Waals surface area contributed by atoms with E-state index in [1.165, 1.54) is 9.75 Å². The van der Waals surface area contributed by atoms with E-state index in [2.05, 4.69) is 62.5 Å². The summed E-state index contributed by atoms with van der Waals surface area (Å²) in [5, 5.41) is 6.74. The molecule has 0 spiro atoms. The van der Waals surface area contributed by atoms with E-state index in [1.54, 1.807) is 22.7 Å². The predicted octanol–water partition coefficient (Wildman–Crippen LogP) is 4.46. The minimum absolute atomic E-state index is 0.368. The lowest BCUT2D eigenvalue weighted by Gasteiger charge is -2.23. The van der Waals surface area contributed by atoms with Crippen molar-refractivity contribution in [3.05, 3.63) is 33.0 Å². The summed E-state index contributed by atoms with van der Waals surface area (Å²) in [6.45, 7) is 10.8. The van der Waals surface area contributed by atoms with Gasteiger partial charge < -0.3 is 10.2 Å². The highest BCUT2D eigenvalue weighted by atomic mass is 32.1. The predicted molar refractivity (Wildman–Crippen MR) is 94.5 cm³/mol. The van der Waals surface area contributed by atoms with Crippen molar-refractivity contribution in [1.29, 1.82) is 0 Å². The molecule has 0 amide bonds. The van der Waals surface area contributed by atoms with Crippen LogP contribution in [0.4, 0.5) is 5.13 Å². The number of anilines is 1. The first-order valence-electron chi connectivity index (χ1n) is 7.42. The smallest absolute Gasteiger partial charge is 0.186 e. The molecule has 0 saturated heterocycles. The van der Waals surface area contributed by atoms with Crippen molar-refractivity contribution >= 4 is 27.8 Å². The van der Waals surface area contributed by atoms with Crippen LogP contribution in [0.25, 0.3) is 0 Å². The summed E-state index contributed by atoms with van der Waals surface area (Å²) in [6, 6.07) is 4.67. The zero-order valence-electron chi connectivity index (χ0n) is 13.5. The highest BCUT2D eigenvalue weighted by Gasteiger charge is 2.17. The molecule has 2 rings (SSSR count). The molecule has 0 radical (unpaired) electrons. The maximum absolute atomic E-state index is 4.75. The summed E-state index contributed by atoms with van der Waals surface area (Å²) in [7, 11) is 2.13. The molecule has 0 aromatic carbocycles. The van der Waals surface area contributed by atoms with Gasteiger partial charge in [0.15, 0.2) is 5.13 Å². The number of hydrogen-bond donors (Lipinski definition) is 1. The lowest BCUT2D eigenvalue weighted by molar-refractivity contribution is 0.554. The molecule has 3 nitrogen and oxygen atoms in total. The van der Waals surface area contributed by atoms with Crippen molar-refractivity contribution in [2.75, 3.05) is 18.5 Å². The van der Waals surface area contributed by atoms with E-state index in [0.717, 1.165) is 23.9 Å². The summed E-state index contributed by atoms with van der Waals surface area (Å²) >= 11 is 3.61. The molecule has 0 saturated carbocycles. The monoisotopic (exact) mass is 323 g/mol. The molecule has 5 heteroatoms. The Kier molecular flexibility index (Phi) is 5.79. The molecular formula is C16H25N3S2. The topological polar surface area (TPSA) is 28.2 Å². The molecule has 1 unspecified atom stereocenters. The molecule has 0 fully saturated rings. The lowest BCUT2D eigenvalue weighted by Crippen LogP contribution is -2.20. The fraction of sp³-hybridized carbons (Fsp3) is 0.562. The quantitative estimate of drug-likeness (QED) is 0.815. The first-order valence-corrected chi connectivity index (χ1v) is 9.12. The first kappa shape index (κ1) is 16.5. The van der Waals surface area contributed by atoms with Gasteiger partial charge in [0.25, 0.3) is 0 Å². The highest BCUT2D eigenvalue weighted by Crippen LogP contribution is 2.32. The second-order valence-electron chi connectivity index (χ2n) is 5.83.